The van der Waals surface area contributed by atoms with E-state index < -0.39 is 5.97 Å². The molecule has 0 atom stereocenters. The van der Waals surface area contributed by atoms with Crippen molar-refractivity contribution in [3.63, 3.8) is 0 Å². The van der Waals surface area contributed by atoms with Crippen molar-refractivity contribution in [3.05, 3.63) is 28.8 Å². The molecule has 2 N–H and O–H groups in total. The van der Waals surface area contributed by atoms with Crippen LogP contribution in [0.3, 0.4) is 0 Å². The Morgan fingerprint density at radius 3 is 2.20 bits per heavy atom. The van der Waals surface area contributed by atoms with E-state index in [-0.39, 0.29) is 16.7 Å². The lowest BCUT2D eigenvalue weighted by molar-refractivity contribution is 0.0696. The summed E-state index contributed by atoms with van der Waals surface area (Å²) in [5.74, 6) is -0.803. The number of hydrogen-bond acceptors (Lipinski definition) is 2. The van der Waals surface area contributed by atoms with Gasteiger partial charge in [-0.3, -0.25) is 0 Å². The molecule has 0 radical (unpaired) electrons. The highest BCUT2D eigenvalue weighted by molar-refractivity contribution is 5.90. The minimum absolute atomic E-state index is 0.157. The predicted molar refractivity (Wildman–Crippen MR) is 58.5 cm³/mol. The number of carboxylic acids is 1. The molecule has 0 aliphatic carbocycles. The average Bonchev–Trinajstić information content (AvgIpc) is 2.00. The lowest BCUT2D eigenvalue weighted by Crippen LogP contribution is -2.15. The van der Waals surface area contributed by atoms with Crippen LogP contribution < -0.4 is 0 Å². The number of carbonyl (C=O) groups is 1. The van der Waals surface area contributed by atoms with E-state index in [1.807, 2.05) is 20.8 Å². The molecule has 1 aromatic rings. The molecule has 0 aromatic heterocycles. The van der Waals surface area contributed by atoms with Crippen molar-refractivity contribution >= 4 is 5.97 Å². The van der Waals surface area contributed by atoms with Gasteiger partial charge >= 0.3 is 5.97 Å². The van der Waals surface area contributed by atoms with Crippen molar-refractivity contribution in [2.24, 2.45) is 0 Å². The maximum absolute atomic E-state index is 10.9. The summed E-state index contributed by atoms with van der Waals surface area (Å²) in [4.78, 5) is 10.9. The van der Waals surface area contributed by atoms with Crippen LogP contribution in [0.25, 0.3) is 0 Å². The van der Waals surface area contributed by atoms with Crippen LogP contribution in [0.1, 0.15) is 42.3 Å². The molecule has 0 amide bonds. The largest absolute Gasteiger partial charge is 0.508 e. The maximum atomic E-state index is 10.9. The Labute approximate surface area is 89.4 Å². The van der Waals surface area contributed by atoms with Gasteiger partial charge in [0.2, 0.25) is 0 Å². The fraction of sp³-hybridized carbons (Fsp3) is 0.417. The van der Waals surface area contributed by atoms with E-state index in [4.69, 9.17) is 5.11 Å². The fourth-order valence-corrected chi connectivity index (χ4v) is 1.88. The number of hydrogen-bond donors (Lipinski definition) is 2. The second-order valence-corrected chi connectivity index (χ2v) is 4.69. The molecule has 3 heteroatoms. The minimum atomic E-state index is -0.960. The first-order chi connectivity index (χ1) is 6.75. The standard InChI is InChI=1S/C12H16O3/c1-7-8(11(14)15)5-6-9(13)10(7)12(2,3)4/h5-6,13H,1-4H3,(H,14,15). The molecule has 0 bridgehead atoms. The smallest absolute Gasteiger partial charge is 0.335 e. The van der Waals surface area contributed by atoms with Gasteiger partial charge in [-0.1, -0.05) is 20.8 Å². The SMILES string of the molecule is Cc1c(C(=O)O)ccc(O)c1C(C)(C)C. The Balaban J connectivity index is 3.51. The number of benzene rings is 1. The molecule has 0 heterocycles. The second kappa shape index (κ2) is 3.57. The highest BCUT2D eigenvalue weighted by Gasteiger charge is 2.23. The van der Waals surface area contributed by atoms with Crippen molar-refractivity contribution in [3.8, 4) is 5.75 Å². The second-order valence-electron chi connectivity index (χ2n) is 4.69. The third-order valence-electron chi connectivity index (χ3n) is 2.42. The molecule has 15 heavy (non-hydrogen) atoms. The molecule has 0 aliphatic heterocycles. The van der Waals surface area contributed by atoms with Crippen molar-refractivity contribution in [1.29, 1.82) is 0 Å². The lowest BCUT2D eigenvalue weighted by atomic mass is 9.82. The molecule has 0 spiro atoms. The molecule has 0 unspecified atom stereocenters. The summed E-state index contributed by atoms with van der Waals surface area (Å²) in [5, 5.41) is 18.7. The zero-order chi connectivity index (χ0) is 11.8. The van der Waals surface area contributed by atoms with Crippen LogP contribution in [-0.4, -0.2) is 16.2 Å². The van der Waals surface area contributed by atoms with Crippen molar-refractivity contribution < 1.29 is 15.0 Å². The number of phenolic OH excluding ortho intramolecular Hbond substituents is 1. The Bertz CT molecular complexity index is 400. The third-order valence-corrected chi connectivity index (χ3v) is 2.42. The third kappa shape index (κ3) is 2.12. The number of aromatic hydroxyl groups is 1. The van der Waals surface area contributed by atoms with E-state index in [0.717, 1.165) is 0 Å². The van der Waals surface area contributed by atoms with Gasteiger partial charge in [0.15, 0.2) is 0 Å². The first-order valence-electron chi connectivity index (χ1n) is 4.81. The number of aromatic carboxylic acids is 1. The first-order valence-corrected chi connectivity index (χ1v) is 4.81. The zero-order valence-corrected chi connectivity index (χ0v) is 9.46. The van der Waals surface area contributed by atoms with Crippen molar-refractivity contribution in [1.82, 2.24) is 0 Å². The molecular formula is C12H16O3. The summed E-state index contributed by atoms with van der Waals surface area (Å²) in [6, 6.07) is 2.87. The normalized spacial score (nSPS) is 11.5. The quantitative estimate of drug-likeness (QED) is 0.746. The highest BCUT2D eigenvalue weighted by Crippen LogP contribution is 2.34. The predicted octanol–water partition coefficient (Wildman–Crippen LogP) is 2.70. The van der Waals surface area contributed by atoms with Crippen LogP contribution >= 0.6 is 0 Å². The van der Waals surface area contributed by atoms with Gasteiger partial charge in [0.05, 0.1) is 5.56 Å². The summed E-state index contributed by atoms with van der Waals surface area (Å²) >= 11 is 0. The molecule has 82 valence electrons. The summed E-state index contributed by atoms with van der Waals surface area (Å²) in [6.45, 7) is 7.56. The fourth-order valence-electron chi connectivity index (χ4n) is 1.88. The van der Waals surface area contributed by atoms with Crippen LogP contribution in [0.15, 0.2) is 12.1 Å². The van der Waals surface area contributed by atoms with Crippen LogP contribution in [0.5, 0.6) is 5.75 Å². The van der Waals surface area contributed by atoms with Crippen LogP contribution in [0.4, 0.5) is 0 Å². The topological polar surface area (TPSA) is 57.5 Å². The maximum Gasteiger partial charge on any atom is 0.335 e. The van der Waals surface area contributed by atoms with E-state index in [2.05, 4.69) is 0 Å². The van der Waals surface area contributed by atoms with Crippen LogP contribution in [0, 0.1) is 6.92 Å². The Hall–Kier alpha value is -1.51. The number of carboxylic acid groups (broad SMARTS) is 1. The molecule has 1 aromatic carbocycles. The van der Waals surface area contributed by atoms with E-state index >= 15 is 0 Å². The molecule has 1 rings (SSSR count). The van der Waals surface area contributed by atoms with Gasteiger partial charge in [-0.05, 0) is 30.0 Å². The van der Waals surface area contributed by atoms with Gasteiger partial charge in [-0.25, -0.2) is 4.79 Å². The first kappa shape index (κ1) is 11.6. The summed E-state index contributed by atoms with van der Waals surface area (Å²) < 4.78 is 0. The number of rotatable bonds is 1. The van der Waals surface area contributed by atoms with Crippen LogP contribution in [-0.2, 0) is 5.41 Å². The van der Waals surface area contributed by atoms with E-state index in [9.17, 15) is 9.90 Å². The highest BCUT2D eigenvalue weighted by atomic mass is 16.4. The minimum Gasteiger partial charge on any atom is -0.508 e. The van der Waals surface area contributed by atoms with Crippen molar-refractivity contribution in [2.45, 2.75) is 33.1 Å². The van der Waals surface area contributed by atoms with E-state index in [1.165, 1.54) is 12.1 Å². The van der Waals surface area contributed by atoms with Crippen molar-refractivity contribution in [2.75, 3.05) is 0 Å². The summed E-state index contributed by atoms with van der Waals surface area (Å²) in [6.07, 6.45) is 0. The Morgan fingerprint density at radius 2 is 1.80 bits per heavy atom. The van der Waals surface area contributed by atoms with Gasteiger partial charge in [-0.2, -0.15) is 0 Å². The molecule has 0 fully saturated rings. The molecule has 0 saturated carbocycles. The molecular weight excluding hydrogens is 192 g/mol. The Morgan fingerprint density at radius 1 is 1.27 bits per heavy atom. The summed E-state index contributed by atoms with van der Waals surface area (Å²) in [7, 11) is 0. The Kier molecular flexibility index (Phi) is 2.75. The van der Waals surface area contributed by atoms with Crippen LogP contribution in [0.2, 0.25) is 0 Å². The van der Waals surface area contributed by atoms with E-state index in [1.54, 1.807) is 6.92 Å². The number of phenols is 1. The molecule has 3 nitrogen and oxygen atoms in total. The van der Waals surface area contributed by atoms with Gasteiger partial charge in [0.1, 0.15) is 5.75 Å². The van der Waals surface area contributed by atoms with Gasteiger partial charge in [0.25, 0.3) is 0 Å². The van der Waals surface area contributed by atoms with Gasteiger partial charge in [-0.15, -0.1) is 0 Å². The molecule has 0 saturated heterocycles. The zero-order valence-electron chi connectivity index (χ0n) is 9.46. The van der Waals surface area contributed by atoms with E-state index in [0.29, 0.717) is 11.1 Å². The van der Waals surface area contributed by atoms with Gasteiger partial charge < -0.3 is 10.2 Å². The lowest BCUT2D eigenvalue weighted by Gasteiger charge is -2.23. The summed E-state index contributed by atoms with van der Waals surface area (Å²) in [5.41, 5.74) is 1.31. The monoisotopic (exact) mass is 208 g/mol. The molecule has 0 aliphatic rings. The average molecular weight is 208 g/mol. The van der Waals surface area contributed by atoms with Gasteiger partial charge in [0, 0.05) is 5.56 Å².